The molecule has 1 heterocycles. The summed E-state index contributed by atoms with van der Waals surface area (Å²) in [4.78, 5) is 24.8. The maximum absolute atomic E-state index is 12.3. The Kier molecular flexibility index (Phi) is 5.16. The highest BCUT2D eigenvalue weighted by Gasteiger charge is 2.16. The van der Waals surface area contributed by atoms with E-state index < -0.39 is 10.8 Å². The number of morpholine rings is 1. The summed E-state index contributed by atoms with van der Waals surface area (Å²) in [6.45, 7) is 3.07. The van der Waals surface area contributed by atoms with Crippen molar-refractivity contribution >= 4 is 34.6 Å². The third-order valence-corrected chi connectivity index (χ3v) is 4.23. The molecule has 0 aromatic heterocycles. The predicted octanol–water partition coefficient (Wildman–Crippen LogP) is 3.34. The molecule has 2 aromatic rings. The summed E-state index contributed by atoms with van der Waals surface area (Å²) in [6.07, 6.45) is 0. The van der Waals surface area contributed by atoms with Crippen LogP contribution in [0.2, 0.25) is 5.02 Å². The van der Waals surface area contributed by atoms with Crippen LogP contribution in [0.25, 0.3) is 0 Å². The molecule has 0 unspecified atom stereocenters. The van der Waals surface area contributed by atoms with E-state index in [1.54, 1.807) is 12.1 Å². The molecule has 3 rings (SSSR count). The Hall–Kier alpha value is -2.64. The van der Waals surface area contributed by atoms with Crippen LogP contribution in [0, 0.1) is 10.1 Å². The maximum Gasteiger partial charge on any atom is 0.288 e. The van der Waals surface area contributed by atoms with Crippen molar-refractivity contribution in [3.8, 4) is 0 Å². The van der Waals surface area contributed by atoms with Crippen LogP contribution < -0.4 is 10.2 Å². The van der Waals surface area contributed by atoms with E-state index in [1.165, 1.54) is 18.2 Å². The monoisotopic (exact) mass is 361 g/mol. The minimum Gasteiger partial charge on any atom is -0.378 e. The van der Waals surface area contributed by atoms with E-state index in [1.807, 2.05) is 12.1 Å². The Morgan fingerprint density at radius 1 is 1.16 bits per heavy atom. The molecule has 25 heavy (non-hydrogen) atoms. The van der Waals surface area contributed by atoms with Crippen LogP contribution in [0.4, 0.5) is 17.1 Å². The van der Waals surface area contributed by atoms with E-state index in [0.717, 1.165) is 18.8 Å². The van der Waals surface area contributed by atoms with Gasteiger partial charge in [0.1, 0.15) is 5.02 Å². The number of nitro benzene ring substituents is 1. The molecule has 0 atom stereocenters. The van der Waals surface area contributed by atoms with Crippen molar-refractivity contribution in [1.82, 2.24) is 0 Å². The normalized spacial score (nSPS) is 14.2. The molecular weight excluding hydrogens is 346 g/mol. The number of nitrogens with zero attached hydrogens (tertiary/aromatic N) is 2. The minimum absolute atomic E-state index is 0.00332. The van der Waals surface area contributed by atoms with E-state index in [9.17, 15) is 14.9 Å². The fourth-order valence-electron chi connectivity index (χ4n) is 2.57. The highest BCUT2D eigenvalue weighted by Crippen LogP contribution is 2.26. The molecule has 0 radical (unpaired) electrons. The Bertz CT molecular complexity index is 789. The molecule has 0 spiro atoms. The van der Waals surface area contributed by atoms with E-state index in [4.69, 9.17) is 16.3 Å². The standard InChI is InChI=1S/C17H16ClN3O4/c18-15-6-1-12(11-16(15)21(23)24)17(22)19-13-2-4-14(5-3-13)20-7-9-25-10-8-20/h1-6,11H,7-10H2,(H,19,22). The molecule has 1 fully saturated rings. The second kappa shape index (κ2) is 7.50. The van der Waals surface area contributed by atoms with Crippen molar-refractivity contribution in [1.29, 1.82) is 0 Å². The van der Waals surface area contributed by atoms with Crippen LogP contribution in [0.3, 0.4) is 0 Å². The lowest BCUT2D eigenvalue weighted by molar-refractivity contribution is -0.384. The van der Waals surface area contributed by atoms with Gasteiger partial charge in [-0.25, -0.2) is 0 Å². The quantitative estimate of drug-likeness (QED) is 0.667. The van der Waals surface area contributed by atoms with Crippen LogP contribution in [0.5, 0.6) is 0 Å². The summed E-state index contributed by atoms with van der Waals surface area (Å²) in [5.74, 6) is -0.432. The Morgan fingerprint density at radius 3 is 2.48 bits per heavy atom. The van der Waals surface area contributed by atoms with Gasteiger partial charge in [-0.1, -0.05) is 11.6 Å². The molecule has 0 bridgehead atoms. The fourth-order valence-corrected chi connectivity index (χ4v) is 2.76. The van der Waals surface area contributed by atoms with Gasteiger partial charge >= 0.3 is 0 Å². The van der Waals surface area contributed by atoms with Crippen molar-refractivity contribution in [2.24, 2.45) is 0 Å². The number of nitrogens with one attached hydrogen (secondary N) is 1. The van der Waals surface area contributed by atoms with Gasteiger partial charge in [-0.05, 0) is 36.4 Å². The van der Waals surface area contributed by atoms with Gasteiger partial charge < -0.3 is 15.0 Å². The van der Waals surface area contributed by atoms with E-state index in [2.05, 4.69) is 10.2 Å². The molecule has 1 saturated heterocycles. The van der Waals surface area contributed by atoms with E-state index >= 15 is 0 Å². The zero-order valence-electron chi connectivity index (χ0n) is 13.3. The lowest BCUT2D eigenvalue weighted by Crippen LogP contribution is -2.36. The average Bonchev–Trinajstić information content (AvgIpc) is 2.63. The summed E-state index contributed by atoms with van der Waals surface area (Å²) >= 11 is 5.76. The largest absolute Gasteiger partial charge is 0.378 e. The second-order valence-corrected chi connectivity index (χ2v) is 5.93. The van der Waals surface area contributed by atoms with Gasteiger partial charge in [0.25, 0.3) is 11.6 Å². The highest BCUT2D eigenvalue weighted by atomic mass is 35.5. The number of halogens is 1. The zero-order chi connectivity index (χ0) is 17.8. The van der Waals surface area contributed by atoms with Crippen LogP contribution in [-0.4, -0.2) is 37.1 Å². The fraction of sp³-hybridized carbons (Fsp3) is 0.235. The van der Waals surface area contributed by atoms with Crippen LogP contribution in [-0.2, 0) is 4.74 Å². The summed E-state index contributed by atoms with van der Waals surface area (Å²) in [5.41, 5.74) is 1.55. The molecule has 1 amide bonds. The molecule has 2 aromatic carbocycles. The van der Waals surface area contributed by atoms with Crippen LogP contribution >= 0.6 is 11.6 Å². The lowest BCUT2D eigenvalue weighted by atomic mass is 10.1. The lowest BCUT2D eigenvalue weighted by Gasteiger charge is -2.28. The Labute approximate surface area is 149 Å². The summed E-state index contributed by atoms with van der Waals surface area (Å²) in [7, 11) is 0. The summed E-state index contributed by atoms with van der Waals surface area (Å²) in [6, 6.07) is 11.4. The smallest absolute Gasteiger partial charge is 0.288 e. The van der Waals surface area contributed by atoms with E-state index in [-0.39, 0.29) is 16.3 Å². The molecule has 0 saturated carbocycles. The van der Waals surface area contributed by atoms with Crippen LogP contribution in [0.15, 0.2) is 42.5 Å². The molecule has 130 valence electrons. The topological polar surface area (TPSA) is 84.7 Å². The molecule has 7 nitrogen and oxygen atoms in total. The minimum atomic E-state index is -0.615. The first-order chi connectivity index (χ1) is 12.0. The van der Waals surface area contributed by atoms with Gasteiger partial charge in [-0.2, -0.15) is 0 Å². The second-order valence-electron chi connectivity index (χ2n) is 5.52. The number of amides is 1. The number of carbonyl (C=O) groups is 1. The molecule has 1 N–H and O–H groups in total. The molecule has 8 heteroatoms. The molecule has 1 aliphatic rings. The third-order valence-electron chi connectivity index (χ3n) is 3.91. The first-order valence-electron chi connectivity index (χ1n) is 7.72. The van der Waals surface area contributed by atoms with Crippen LogP contribution in [0.1, 0.15) is 10.4 Å². The first kappa shape index (κ1) is 17.2. The van der Waals surface area contributed by atoms with Crippen molar-refractivity contribution in [2.75, 3.05) is 36.5 Å². The number of anilines is 2. The highest BCUT2D eigenvalue weighted by molar-refractivity contribution is 6.32. The van der Waals surface area contributed by atoms with Gasteiger partial charge in [-0.15, -0.1) is 0 Å². The molecule has 0 aliphatic carbocycles. The number of rotatable bonds is 4. The number of hydrogen-bond donors (Lipinski definition) is 1. The number of hydrogen-bond acceptors (Lipinski definition) is 5. The van der Waals surface area contributed by atoms with Gasteiger partial charge in [0, 0.05) is 36.1 Å². The molecular formula is C17H16ClN3O4. The van der Waals surface area contributed by atoms with Gasteiger partial charge in [-0.3, -0.25) is 14.9 Å². The number of nitro groups is 1. The van der Waals surface area contributed by atoms with Gasteiger partial charge in [0.15, 0.2) is 0 Å². The Morgan fingerprint density at radius 2 is 1.84 bits per heavy atom. The SMILES string of the molecule is O=C(Nc1ccc(N2CCOCC2)cc1)c1ccc(Cl)c([N+](=O)[O-])c1. The molecule has 1 aliphatic heterocycles. The van der Waals surface area contributed by atoms with Crippen molar-refractivity contribution in [3.63, 3.8) is 0 Å². The number of ether oxygens (including phenoxy) is 1. The average molecular weight is 362 g/mol. The van der Waals surface area contributed by atoms with Gasteiger partial charge in [0.05, 0.1) is 18.1 Å². The van der Waals surface area contributed by atoms with Gasteiger partial charge in [0.2, 0.25) is 0 Å². The summed E-state index contributed by atoms with van der Waals surface area (Å²) in [5, 5.41) is 13.6. The summed E-state index contributed by atoms with van der Waals surface area (Å²) < 4.78 is 5.33. The number of benzene rings is 2. The number of carbonyl (C=O) groups excluding carboxylic acids is 1. The third kappa shape index (κ3) is 4.07. The van der Waals surface area contributed by atoms with Crippen molar-refractivity contribution in [3.05, 3.63) is 63.2 Å². The first-order valence-corrected chi connectivity index (χ1v) is 8.10. The zero-order valence-corrected chi connectivity index (χ0v) is 14.0. The Balaban J connectivity index is 1.70. The van der Waals surface area contributed by atoms with Crippen molar-refractivity contribution < 1.29 is 14.5 Å². The van der Waals surface area contributed by atoms with E-state index in [0.29, 0.717) is 18.9 Å². The predicted molar refractivity (Wildman–Crippen MR) is 95.5 cm³/mol. The van der Waals surface area contributed by atoms with Crippen molar-refractivity contribution in [2.45, 2.75) is 0 Å². The maximum atomic E-state index is 12.3.